The van der Waals surface area contributed by atoms with Crippen LogP contribution in [0.5, 0.6) is 5.95 Å². The van der Waals surface area contributed by atoms with Gasteiger partial charge < -0.3 is 9.52 Å². The SMILES string of the molecule is Oc1oc(Br)cc1-c1ccccn1. The van der Waals surface area contributed by atoms with Crippen LogP contribution in [-0.4, -0.2) is 10.1 Å². The van der Waals surface area contributed by atoms with Crippen LogP contribution in [-0.2, 0) is 0 Å². The summed E-state index contributed by atoms with van der Waals surface area (Å²) in [7, 11) is 0. The van der Waals surface area contributed by atoms with Crippen LogP contribution in [0.3, 0.4) is 0 Å². The zero-order valence-corrected chi connectivity index (χ0v) is 8.15. The smallest absolute Gasteiger partial charge is 0.292 e. The molecule has 66 valence electrons. The Bertz CT molecular complexity index is 411. The molecule has 0 aliphatic carbocycles. The van der Waals surface area contributed by atoms with Gasteiger partial charge >= 0.3 is 0 Å². The van der Waals surface area contributed by atoms with E-state index in [1.54, 1.807) is 18.3 Å². The van der Waals surface area contributed by atoms with Crippen molar-refractivity contribution < 1.29 is 9.52 Å². The Morgan fingerprint density at radius 1 is 1.38 bits per heavy atom. The molecule has 0 saturated heterocycles. The van der Waals surface area contributed by atoms with Crippen LogP contribution in [0.1, 0.15) is 0 Å². The first-order valence-corrected chi connectivity index (χ1v) is 4.46. The molecule has 0 aliphatic heterocycles. The van der Waals surface area contributed by atoms with E-state index in [0.29, 0.717) is 15.9 Å². The molecule has 2 aromatic heterocycles. The molecule has 0 aliphatic rings. The predicted molar refractivity (Wildman–Crippen MR) is 51.3 cm³/mol. The molecule has 13 heavy (non-hydrogen) atoms. The lowest BCUT2D eigenvalue weighted by molar-refractivity contribution is 0.326. The van der Waals surface area contributed by atoms with E-state index in [2.05, 4.69) is 20.9 Å². The molecule has 0 bridgehead atoms. The van der Waals surface area contributed by atoms with Gasteiger partial charge in [0.05, 0.1) is 11.3 Å². The molecule has 3 nitrogen and oxygen atoms in total. The van der Waals surface area contributed by atoms with E-state index in [-0.39, 0.29) is 5.95 Å². The first-order chi connectivity index (χ1) is 6.27. The average Bonchev–Trinajstić information content (AvgIpc) is 2.47. The summed E-state index contributed by atoms with van der Waals surface area (Å²) in [6.07, 6.45) is 1.66. The number of hydrogen-bond donors (Lipinski definition) is 1. The van der Waals surface area contributed by atoms with Gasteiger partial charge in [-0.3, -0.25) is 4.98 Å². The summed E-state index contributed by atoms with van der Waals surface area (Å²) >= 11 is 3.13. The van der Waals surface area contributed by atoms with E-state index in [0.717, 1.165) is 0 Å². The quantitative estimate of drug-likeness (QED) is 0.833. The summed E-state index contributed by atoms with van der Waals surface area (Å²) in [5, 5.41) is 9.35. The summed E-state index contributed by atoms with van der Waals surface area (Å²) in [5.41, 5.74) is 1.28. The number of furan rings is 1. The summed E-state index contributed by atoms with van der Waals surface area (Å²) in [6.45, 7) is 0. The van der Waals surface area contributed by atoms with Gasteiger partial charge in [0.25, 0.3) is 5.95 Å². The maximum atomic E-state index is 9.35. The summed E-state index contributed by atoms with van der Waals surface area (Å²) in [6, 6.07) is 7.15. The highest BCUT2D eigenvalue weighted by Gasteiger charge is 2.10. The molecular formula is C9H6BrNO2. The Labute approximate surface area is 83.2 Å². The minimum absolute atomic E-state index is 0.120. The van der Waals surface area contributed by atoms with Crippen LogP contribution in [0.4, 0.5) is 0 Å². The van der Waals surface area contributed by atoms with Gasteiger partial charge in [0.15, 0.2) is 4.67 Å². The van der Waals surface area contributed by atoms with Crippen molar-refractivity contribution in [3.05, 3.63) is 35.1 Å². The second-order valence-corrected chi connectivity index (χ2v) is 3.27. The Hall–Kier alpha value is -1.29. The minimum Gasteiger partial charge on any atom is -0.480 e. The number of aromatic nitrogens is 1. The molecule has 0 fully saturated rings. The summed E-state index contributed by atoms with van der Waals surface area (Å²) in [4.78, 5) is 4.08. The van der Waals surface area contributed by atoms with Gasteiger partial charge in [0.2, 0.25) is 0 Å². The lowest BCUT2D eigenvalue weighted by atomic mass is 10.2. The van der Waals surface area contributed by atoms with Crippen LogP contribution in [0.25, 0.3) is 11.3 Å². The number of nitrogens with zero attached hydrogens (tertiary/aromatic N) is 1. The maximum absolute atomic E-state index is 9.35. The largest absolute Gasteiger partial charge is 0.480 e. The van der Waals surface area contributed by atoms with Crippen molar-refractivity contribution >= 4 is 15.9 Å². The highest BCUT2D eigenvalue weighted by molar-refractivity contribution is 9.10. The fraction of sp³-hybridized carbons (Fsp3) is 0. The van der Waals surface area contributed by atoms with Crippen molar-refractivity contribution in [1.29, 1.82) is 0 Å². The molecule has 0 saturated carbocycles. The van der Waals surface area contributed by atoms with Crippen molar-refractivity contribution in [2.24, 2.45) is 0 Å². The van der Waals surface area contributed by atoms with E-state index < -0.39 is 0 Å². The number of rotatable bonds is 1. The third-order valence-corrected chi connectivity index (χ3v) is 2.01. The van der Waals surface area contributed by atoms with E-state index in [1.165, 1.54) is 0 Å². The molecule has 0 atom stereocenters. The second kappa shape index (κ2) is 3.22. The van der Waals surface area contributed by atoms with Gasteiger partial charge in [-0.2, -0.15) is 0 Å². The zero-order valence-electron chi connectivity index (χ0n) is 6.57. The van der Waals surface area contributed by atoms with E-state index >= 15 is 0 Å². The molecule has 1 N–H and O–H groups in total. The van der Waals surface area contributed by atoms with Crippen molar-refractivity contribution in [3.63, 3.8) is 0 Å². The Morgan fingerprint density at radius 3 is 2.77 bits per heavy atom. The fourth-order valence-electron chi connectivity index (χ4n) is 1.06. The third kappa shape index (κ3) is 1.58. The Morgan fingerprint density at radius 2 is 2.23 bits per heavy atom. The number of halogens is 1. The minimum atomic E-state index is -0.120. The summed E-state index contributed by atoms with van der Waals surface area (Å²) in [5.74, 6) is -0.120. The second-order valence-electron chi connectivity index (χ2n) is 2.48. The molecule has 2 heterocycles. The van der Waals surface area contributed by atoms with E-state index in [4.69, 9.17) is 4.42 Å². The van der Waals surface area contributed by atoms with Crippen LogP contribution in [0.15, 0.2) is 39.5 Å². The molecule has 0 unspecified atom stereocenters. The monoisotopic (exact) mass is 239 g/mol. The topological polar surface area (TPSA) is 46.3 Å². The maximum Gasteiger partial charge on any atom is 0.292 e. The van der Waals surface area contributed by atoms with Gasteiger partial charge in [-0.15, -0.1) is 0 Å². The van der Waals surface area contributed by atoms with Crippen LogP contribution < -0.4 is 0 Å². The third-order valence-electron chi connectivity index (χ3n) is 1.62. The lowest BCUT2D eigenvalue weighted by Gasteiger charge is -1.93. The fourth-order valence-corrected chi connectivity index (χ4v) is 1.44. The molecule has 0 radical (unpaired) electrons. The number of pyridine rings is 1. The van der Waals surface area contributed by atoms with Gasteiger partial charge in [-0.1, -0.05) is 6.07 Å². The highest BCUT2D eigenvalue weighted by atomic mass is 79.9. The predicted octanol–water partition coefficient (Wildman–Crippen LogP) is 2.81. The molecule has 0 spiro atoms. The van der Waals surface area contributed by atoms with Crippen molar-refractivity contribution in [3.8, 4) is 17.2 Å². The molecule has 2 aromatic rings. The zero-order chi connectivity index (χ0) is 9.26. The number of aromatic hydroxyl groups is 1. The normalized spacial score (nSPS) is 10.2. The highest BCUT2D eigenvalue weighted by Crippen LogP contribution is 2.33. The average molecular weight is 240 g/mol. The van der Waals surface area contributed by atoms with Crippen LogP contribution in [0.2, 0.25) is 0 Å². The summed E-state index contributed by atoms with van der Waals surface area (Å²) < 4.78 is 5.39. The van der Waals surface area contributed by atoms with Gasteiger partial charge in [-0.25, -0.2) is 0 Å². The van der Waals surface area contributed by atoms with Gasteiger partial charge in [0.1, 0.15) is 0 Å². The van der Waals surface area contributed by atoms with Crippen LogP contribution >= 0.6 is 15.9 Å². The molecular weight excluding hydrogens is 234 g/mol. The Kier molecular flexibility index (Phi) is 2.06. The molecule has 4 heteroatoms. The van der Waals surface area contributed by atoms with E-state index in [1.807, 2.05) is 12.1 Å². The Balaban J connectivity index is 2.53. The first-order valence-electron chi connectivity index (χ1n) is 3.67. The number of hydrogen-bond acceptors (Lipinski definition) is 3. The lowest BCUT2D eigenvalue weighted by Crippen LogP contribution is -1.78. The standard InChI is InChI=1S/C9H6BrNO2/c10-8-5-6(9(12)13-8)7-3-1-2-4-11-7/h1-5,12H. The first kappa shape index (κ1) is 8.31. The van der Waals surface area contributed by atoms with Crippen LogP contribution in [0, 0.1) is 0 Å². The van der Waals surface area contributed by atoms with Crippen molar-refractivity contribution in [1.82, 2.24) is 4.98 Å². The van der Waals surface area contributed by atoms with Gasteiger partial charge in [-0.05, 0) is 28.1 Å². The molecule has 0 aromatic carbocycles. The van der Waals surface area contributed by atoms with Gasteiger partial charge in [0, 0.05) is 12.3 Å². The van der Waals surface area contributed by atoms with E-state index in [9.17, 15) is 5.11 Å². The molecule has 0 amide bonds. The molecule has 2 rings (SSSR count). The van der Waals surface area contributed by atoms with Crippen molar-refractivity contribution in [2.75, 3.05) is 0 Å². The van der Waals surface area contributed by atoms with Crippen molar-refractivity contribution in [2.45, 2.75) is 0 Å².